The first-order chi connectivity index (χ1) is 9.18. The normalized spacial score (nSPS) is 20.9. The molecular formula is C20H30. The van der Waals surface area contributed by atoms with E-state index in [-0.39, 0.29) is 0 Å². The second-order valence-corrected chi connectivity index (χ2v) is 8.27. The summed E-state index contributed by atoms with van der Waals surface area (Å²) in [5.41, 5.74) is 6.93. The molecule has 0 saturated heterocycles. The van der Waals surface area contributed by atoms with Crippen molar-refractivity contribution in [1.82, 2.24) is 0 Å². The summed E-state index contributed by atoms with van der Waals surface area (Å²) in [6, 6.07) is 0. The monoisotopic (exact) mass is 270 g/mol. The molecule has 0 spiro atoms. The van der Waals surface area contributed by atoms with Crippen molar-refractivity contribution in [1.29, 1.82) is 0 Å². The maximum atomic E-state index is 2.37. The first kappa shape index (κ1) is 15.4. The highest BCUT2D eigenvalue weighted by Gasteiger charge is 2.22. The van der Waals surface area contributed by atoms with Crippen molar-refractivity contribution in [3.8, 4) is 0 Å². The van der Waals surface area contributed by atoms with Crippen LogP contribution in [-0.2, 0) is 0 Å². The van der Waals surface area contributed by atoms with E-state index in [2.05, 4.69) is 65.8 Å². The molecule has 2 rings (SSSR count). The predicted octanol–water partition coefficient (Wildman–Crippen LogP) is 6.37. The van der Waals surface area contributed by atoms with Crippen LogP contribution >= 0.6 is 0 Å². The molecule has 0 amide bonds. The third-order valence-corrected chi connectivity index (χ3v) is 4.64. The van der Waals surface area contributed by atoms with Gasteiger partial charge in [-0.25, -0.2) is 0 Å². The van der Waals surface area contributed by atoms with E-state index in [9.17, 15) is 0 Å². The summed E-state index contributed by atoms with van der Waals surface area (Å²) in [5.74, 6) is 0. The molecule has 20 heavy (non-hydrogen) atoms. The highest BCUT2D eigenvalue weighted by molar-refractivity contribution is 5.43. The van der Waals surface area contributed by atoms with Crippen LogP contribution in [0.25, 0.3) is 0 Å². The van der Waals surface area contributed by atoms with E-state index in [1.165, 1.54) is 25.7 Å². The van der Waals surface area contributed by atoms with Crippen LogP contribution in [0.15, 0.2) is 46.6 Å². The van der Waals surface area contributed by atoms with Gasteiger partial charge in [-0.2, -0.15) is 0 Å². The first-order valence-corrected chi connectivity index (χ1v) is 7.99. The Bertz CT molecular complexity index is 445. The average molecular weight is 270 g/mol. The zero-order valence-electron chi connectivity index (χ0n) is 14.1. The van der Waals surface area contributed by atoms with Crippen molar-refractivity contribution < 1.29 is 0 Å². The van der Waals surface area contributed by atoms with Crippen LogP contribution in [0.2, 0.25) is 0 Å². The van der Waals surface area contributed by atoms with Crippen LogP contribution < -0.4 is 0 Å². The maximum Gasteiger partial charge on any atom is -0.0170 e. The van der Waals surface area contributed by atoms with E-state index in [0.717, 1.165) is 0 Å². The fraction of sp³-hybridized carbons (Fsp3) is 0.600. The highest BCUT2D eigenvalue weighted by Crippen LogP contribution is 2.39. The van der Waals surface area contributed by atoms with Gasteiger partial charge in [0.05, 0.1) is 0 Å². The topological polar surface area (TPSA) is 0 Å². The summed E-state index contributed by atoms with van der Waals surface area (Å²) in [5, 5.41) is 0. The minimum atomic E-state index is 0.322. The van der Waals surface area contributed by atoms with Crippen molar-refractivity contribution in [3.63, 3.8) is 0 Å². The van der Waals surface area contributed by atoms with Crippen LogP contribution in [-0.4, -0.2) is 0 Å². The molecule has 0 heteroatoms. The molecule has 0 fully saturated rings. The molecule has 0 radical (unpaired) electrons. The van der Waals surface area contributed by atoms with Crippen LogP contribution in [0.1, 0.15) is 67.2 Å². The molecule has 0 heterocycles. The Balaban J connectivity index is 2.16. The first-order valence-electron chi connectivity index (χ1n) is 7.99. The zero-order valence-corrected chi connectivity index (χ0v) is 14.1. The number of hydrogen-bond acceptors (Lipinski definition) is 0. The lowest BCUT2D eigenvalue weighted by molar-refractivity contribution is 0.475. The van der Waals surface area contributed by atoms with Gasteiger partial charge in [-0.15, -0.1) is 0 Å². The fourth-order valence-electron chi connectivity index (χ4n) is 3.06. The van der Waals surface area contributed by atoms with Gasteiger partial charge in [0.2, 0.25) is 0 Å². The lowest BCUT2D eigenvalue weighted by Gasteiger charge is -2.29. The third kappa shape index (κ3) is 3.53. The van der Waals surface area contributed by atoms with E-state index in [4.69, 9.17) is 0 Å². The van der Waals surface area contributed by atoms with Crippen molar-refractivity contribution in [2.24, 2.45) is 10.8 Å². The van der Waals surface area contributed by atoms with Crippen molar-refractivity contribution in [3.05, 3.63) is 46.6 Å². The second-order valence-electron chi connectivity index (χ2n) is 8.27. The van der Waals surface area contributed by atoms with Gasteiger partial charge >= 0.3 is 0 Å². The van der Waals surface area contributed by atoms with Crippen LogP contribution in [0.3, 0.4) is 0 Å². The zero-order chi connectivity index (χ0) is 15.0. The Morgan fingerprint density at radius 3 is 1.10 bits per heavy atom. The third-order valence-electron chi connectivity index (χ3n) is 4.64. The van der Waals surface area contributed by atoms with Crippen molar-refractivity contribution in [2.45, 2.75) is 67.2 Å². The van der Waals surface area contributed by atoms with Crippen LogP contribution in [0, 0.1) is 10.8 Å². The average Bonchev–Trinajstić information content (AvgIpc) is 2.37. The summed E-state index contributed by atoms with van der Waals surface area (Å²) >= 11 is 0. The summed E-state index contributed by atoms with van der Waals surface area (Å²) in [6.07, 6.45) is 14.3. The molecule has 0 aliphatic heterocycles. The summed E-state index contributed by atoms with van der Waals surface area (Å²) < 4.78 is 0. The molecular weight excluding hydrogens is 240 g/mol. The largest absolute Gasteiger partial charge is 0.0645 e. The van der Waals surface area contributed by atoms with E-state index in [1.54, 1.807) is 22.3 Å². The Morgan fingerprint density at radius 1 is 0.550 bits per heavy atom. The second kappa shape index (κ2) is 5.39. The Kier molecular flexibility index (Phi) is 4.14. The van der Waals surface area contributed by atoms with Crippen molar-refractivity contribution >= 4 is 0 Å². The molecule has 0 bridgehead atoms. The Morgan fingerprint density at radius 2 is 0.900 bits per heavy atom. The van der Waals surface area contributed by atoms with E-state index in [1.807, 2.05) is 0 Å². The molecule has 0 aromatic carbocycles. The van der Waals surface area contributed by atoms with Gasteiger partial charge in [0.25, 0.3) is 0 Å². The summed E-state index contributed by atoms with van der Waals surface area (Å²) in [6.45, 7) is 13.9. The number of rotatable bonds is 1. The number of allylic oxidation sites excluding steroid dienone is 8. The molecule has 2 aliphatic carbocycles. The maximum absolute atomic E-state index is 2.37. The molecule has 0 aromatic heterocycles. The molecule has 2 aliphatic rings. The standard InChI is InChI=1S/C20H30/c1-19(2,3)17-11-7-15(8-12-17)16-9-13-18(14-10-16)20(4,5)6/h7,9,11,13H,8,10,12,14H2,1-6H3. The highest BCUT2D eigenvalue weighted by atomic mass is 14.3. The van der Waals surface area contributed by atoms with E-state index in [0.29, 0.717) is 10.8 Å². The van der Waals surface area contributed by atoms with Gasteiger partial charge < -0.3 is 0 Å². The Hall–Kier alpha value is -1.04. The quantitative estimate of drug-likeness (QED) is 0.519. The van der Waals surface area contributed by atoms with E-state index < -0.39 is 0 Å². The summed E-state index contributed by atoms with van der Waals surface area (Å²) in [4.78, 5) is 0. The lowest BCUT2D eigenvalue weighted by Crippen LogP contribution is -2.14. The lowest BCUT2D eigenvalue weighted by atomic mass is 9.76. The van der Waals surface area contributed by atoms with Gasteiger partial charge in [0.15, 0.2) is 0 Å². The van der Waals surface area contributed by atoms with Gasteiger partial charge in [-0.05, 0) is 47.7 Å². The van der Waals surface area contributed by atoms with Gasteiger partial charge in [0, 0.05) is 0 Å². The smallest absolute Gasteiger partial charge is 0.0170 e. The SMILES string of the molecule is CC(C)(C)C1=CC=C(C2=CC=C(C(C)(C)C)CC2)CC1. The Labute approximate surface area is 125 Å². The minimum absolute atomic E-state index is 0.322. The molecule has 0 N–H and O–H groups in total. The van der Waals surface area contributed by atoms with Crippen LogP contribution in [0.5, 0.6) is 0 Å². The van der Waals surface area contributed by atoms with Gasteiger partial charge in [-0.3, -0.25) is 0 Å². The molecule has 110 valence electrons. The number of hydrogen-bond donors (Lipinski definition) is 0. The fourth-order valence-corrected chi connectivity index (χ4v) is 3.06. The van der Waals surface area contributed by atoms with Crippen molar-refractivity contribution in [2.75, 3.05) is 0 Å². The summed E-state index contributed by atoms with van der Waals surface area (Å²) in [7, 11) is 0. The van der Waals surface area contributed by atoms with Gasteiger partial charge in [-0.1, -0.05) is 77.0 Å². The van der Waals surface area contributed by atoms with Crippen LogP contribution in [0.4, 0.5) is 0 Å². The molecule has 0 unspecified atom stereocenters. The molecule has 0 aromatic rings. The molecule has 0 atom stereocenters. The molecule has 0 nitrogen and oxygen atoms in total. The van der Waals surface area contributed by atoms with Gasteiger partial charge in [0.1, 0.15) is 0 Å². The molecule has 0 saturated carbocycles. The predicted molar refractivity (Wildman–Crippen MR) is 89.7 cm³/mol. The van der Waals surface area contributed by atoms with E-state index >= 15 is 0 Å². The minimum Gasteiger partial charge on any atom is -0.0645 e.